The predicted molar refractivity (Wildman–Crippen MR) is 113 cm³/mol. The standard InChI is InChI=1S/C25H33FO7/c1-20(2)32-17-10-21(3)14-7-6-12-8-13(28)18-19(31-18)23(12,5)24(14,26)15(29)9-22(21,4)25(17,33-20)16(30)11-27/h8,14-15,17-19,27,29H,6-7,9-11H2,1-5H3/t14-,15-,17+,18?,19?,21-,22-,23+,24-,25+/m0/s1. The average molecular weight is 465 g/mol. The van der Waals surface area contributed by atoms with Gasteiger partial charge in [0.15, 0.2) is 28.6 Å². The number of hydrogen-bond acceptors (Lipinski definition) is 7. The molecule has 0 spiro atoms. The number of fused-ring (bicyclic) bond motifs is 9. The Hall–Kier alpha value is -1.19. The van der Waals surface area contributed by atoms with E-state index >= 15 is 4.39 Å². The number of aliphatic hydroxyl groups is 2. The minimum absolute atomic E-state index is 0.0214. The van der Waals surface area contributed by atoms with Crippen molar-refractivity contribution in [1.29, 1.82) is 0 Å². The summed E-state index contributed by atoms with van der Waals surface area (Å²) in [6, 6.07) is 0. The van der Waals surface area contributed by atoms with Gasteiger partial charge in [-0.15, -0.1) is 0 Å². The Bertz CT molecular complexity index is 1010. The second-order valence-corrected chi connectivity index (χ2v) is 12.2. The first-order chi connectivity index (χ1) is 15.2. The van der Waals surface area contributed by atoms with Gasteiger partial charge in [0.25, 0.3) is 0 Å². The fourth-order valence-electron chi connectivity index (χ4n) is 9.08. The number of halogens is 1. The molecule has 33 heavy (non-hydrogen) atoms. The molecule has 8 heteroatoms. The number of epoxide rings is 1. The summed E-state index contributed by atoms with van der Waals surface area (Å²) in [5, 5.41) is 21.5. The van der Waals surface area contributed by atoms with Crippen molar-refractivity contribution in [1.82, 2.24) is 0 Å². The van der Waals surface area contributed by atoms with Crippen molar-refractivity contribution in [2.24, 2.45) is 22.2 Å². The van der Waals surface area contributed by atoms with E-state index in [4.69, 9.17) is 14.2 Å². The van der Waals surface area contributed by atoms with Crippen molar-refractivity contribution in [3.8, 4) is 0 Å². The van der Waals surface area contributed by atoms with Gasteiger partial charge in [-0.05, 0) is 57.9 Å². The number of rotatable bonds is 2. The van der Waals surface area contributed by atoms with Crippen molar-refractivity contribution in [2.75, 3.05) is 6.61 Å². The summed E-state index contributed by atoms with van der Waals surface area (Å²) < 4.78 is 35.9. The summed E-state index contributed by atoms with van der Waals surface area (Å²) in [7, 11) is 0. The van der Waals surface area contributed by atoms with Crippen LogP contribution in [0.1, 0.15) is 60.3 Å². The Morgan fingerprint density at radius 2 is 1.91 bits per heavy atom. The molecule has 0 aromatic rings. The molecule has 2 N–H and O–H groups in total. The number of ether oxygens (including phenoxy) is 3. The van der Waals surface area contributed by atoms with Crippen LogP contribution in [0.15, 0.2) is 11.6 Å². The normalized spacial score (nSPS) is 57.9. The molecule has 3 saturated carbocycles. The third-order valence-corrected chi connectivity index (χ3v) is 10.7. The van der Waals surface area contributed by atoms with Crippen LogP contribution in [0.3, 0.4) is 0 Å². The molecule has 6 rings (SSSR count). The van der Waals surface area contributed by atoms with E-state index in [1.165, 1.54) is 6.08 Å². The molecule has 0 radical (unpaired) electrons. The van der Waals surface area contributed by atoms with E-state index in [-0.39, 0.29) is 12.2 Å². The van der Waals surface area contributed by atoms with Crippen molar-refractivity contribution < 1.29 is 38.4 Å². The Morgan fingerprint density at radius 1 is 1.21 bits per heavy atom. The highest BCUT2D eigenvalue weighted by Crippen LogP contribution is 2.78. The number of carbonyl (C=O) groups excluding carboxylic acids is 2. The summed E-state index contributed by atoms with van der Waals surface area (Å²) >= 11 is 0. The number of Topliss-reactive ketones (excluding diaryl/α,β-unsaturated/α-hetero) is 1. The molecule has 2 unspecified atom stereocenters. The molecule has 0 aromatic heterocycles. The maximum absolute atomic E-state index is 17.6. The van der Waals surface area contributed by atoms with Crippen LogP contribution in [0.25, 0.3) is 0 Å². The van der Waals surface area contributed by atoms with E-state index in [1.54, 1.807) is 20.8 Å². The minimum Gasteiger partial charge on any atom is -0.390 e. The van der Waals surface area contributed by atoms with Crippen molar-refractivity contribution in [3.63, 3.8) is 0 Å². The molecular weight excluding hydrogens is 431 g/mol. The molecule has 0 amide bonds. The monoisotopic (exact) mass is 464 g/mol. The lowest BCUT2D eigenvalue weighted by atomic mass is 9.39. The van der Waals surface area contributed by atoms with Crippen LogP contribution in [0.2, 0.25) is 0 Å². The van der Waals surface area contributed by atoms with Crippen LogP contribution in [-0.2, 0) is 23.8 Å². The van der Waals surface area contributed by atoms with Crippen molar-refractivity contribution in [2.45, 2.75) is 102 Å². The molecular formula is C25H33FO7. The van der Waals surface area contributed by atoms with Gasteiger partial charge in [-0.1, -0.05) is 19.4 Å². The lowest BCUT2D eigenvalue weighted by Gasteiger charge is -2.67. The van der Waals surface area contributed by atoms with Gasteiger partial charge in [-0.25, -0.2) is 4.39 Å². The minimum atomic E-state index is -2.04. The van der Waals surface area contributed by atoms with Gasteiger partial charge in [0, 0.05) is 11.3 Å². The van der Waals surface area contributed by atoms with Gasteiger partial charge in [0.1, 0.15) is 18.8 Å². The molecule has 7 nitrogen and oxygen atoms in total. The highest BCUT2D eigenvalue weighted by atomic mass is 19.1. The van der Waals surface area contributed by atoms with Crippen LogP contribution in [0, 0.1) is 22.2 Å². The Morgan fingerprint density at radius 3 is 2.58 bits per heavy atom. The number of aliphatic hydroxyl groups excluding tert-OH is 2. The molecule has 2 heterocycles. The van der Waals surface area contributed by atoms with Gasteiger partial charge in [-0.2, -0.15) is 0 Å². The SMILES string of the molecule is CC1(C)O[C@@H]2C[C@@]3(C)[C@@H]4CCC5=CC(=O)C6OC6[C@]5(C)[C@@]4(F)[C@@H](O)C[C@]3(C)[C@]2(C(=O)CO)O1. The molecule has 182 valence electrons. The summed E-state index contributed by atoms with van der Waals surface area (Å²) in [6.07, 6.45) is -0.424. The average Bonchev–Trinajstić information content (AvgIpc) is 3.46. The van der Waals surface area contributed by atoms with E-state index in [0.29, 0.717) is 24.8 Å². The first-order valence-electron chi connectivity index (χ1n) is 12.0. The van der Waals surface area contributed by atoms with Gasteiger partial charge < -0.3 is 24.4 Å². The Kier molecular flexibility index (Phi) is 4.02. The van der Waals surface area contributed by atoms with Crippen LogP contribution < -0.4 is 0 Å². The number of hydrogen-bond donors (Lipinski definition) is 2. The quantitative estimate of drug-likeness (QED) is 0.603. The maximum atomic E-state index is 17.6. The lowest BCUT2D eigenvalue weighted by Crippen LogP contribution is -2.74. The first-order valence-corrected chi connectivity index (χ1v) is 12.0. The summed E-state index contributed by atoms with van der Waals surface area (Å²) in [4.78, 5) is 25.7. The largest absolute Gasteiger partial charge is 0.390 e. The van der Waals surface area contributed by atoms with Crippen LogP contribution in [0.5, 0.6) is 0 Å². The smallest absolute Gasteiger partial charge is 0.193 e. The van der Waals surface area contributed by atoms with E-state index in [9.17, 15) is 19.8 Å². The predicted octanol–water partition coefficient (Wildman–Crippen LogP) is 2.02. The molecule has 6 aliphatic rings. The van der Waals surface area contributed by atoms with Crippen LogP contribution in [-0.4, -0.2) is 69.9 Å². The highest BCUT2D eigenvalue weighted by molar-refractivity contribution is 5.98. The van der Waals surface area contributed by atoms with E-state index in [2.05, 4.69) is 0 Å². The van der Waals surface area contributed by atoms with Crippen LogP contribution in [0.4, 0.5) is 4.39 Å². The molecule has 4 aliphatic carbocycles. The van der Waals surface area contributed by atoms with Crippen molar-refractivity contribution in [3.05, 3.63) is 11.6 Å². The second kappa shape index (κ2) is 5.95. The first kappa shape index (κ1) is 22.3. The third-order valence-electron chi connectivity index (χ3n) is 10.7. The van der Waals surface area contributed by atoms with Crippen LogP contribution >= 0.6 is 0 Å². The number of ketones is 2. The second-order valence-electron chi connectivity index (χ2n) is 12.2. The highest BCUT2D eigenvalue weighted by Gasteiger charge is 2.85. The topological polar surface area (TPSA) is 106 Å². The molecule has 2 aliphatic heterocycles. The van der Waals surface area contributed by atoms with E-state index in [0.717, 1.165) is 0 Å². The van der Waals surface area contributed by atoms with E-state index < -0.39 is 76.0 Å². The summed E-state index contributed by atoms with van der Waals surface area (Å²) in [5.41, 5.74) is -5.64. The summed E-state index contributed by atoms with van der Waals surface area (Å²) in [5.74, 6) is -2.26. The van der Waals surface area contributed by atoms with Gasteiger partial charge in [0.2, 0.25) is 0 Å². The fourth-order valence-corrected chi connectivity index (χ4v) is 9.08. The molecule has 2 saturated heterocycles. The Balaban J connectivity index is 1.52. The van der Waals surface area contributed by atoms with Crippen molar-refractivity contribution >= 4 is 11.6 Å². The maximum Gasteiger partial charge on any atom is 0.193 e. The zero-order chi connectivity index (χ0) is 24.0. The van der Waals surface area contributed by atoms with Gasteiger partial charge in [0.05, 0.1) is 17.6 Å². The molecule has 5 fully saturated rings. The number of carbonyl (C=O) groups is 2. The third kappa shape index (κ3) is 2.12. The number of alkyl halides is 1. The van der Waals surface area contributed by atoms with Gasteiger partial charge >= 0.3 is 0 Å². The molecule has 0 bridgehead atoms. The zero-order valence-electron chi connectivity index (χ0n) is 19.8. The summed E-state index contributed by atoms with van der Waals surface area (Å²) in [6.45, 7) is 8.42. The molecule has 10 atom stereocenters. The fraction of sp³-hybridized carbons (Fsp3) is 0.840. The molecule has 0 aromatic carbocycles. The zero-order valence-corrected chi connectivity index (χ0v) is 19.8. The van der Waals surface area contributed by atoms with Gasteiger partial charge in [-0.3, -0.25) is 9.59 Å². The lowest BCUT2D eigenvalue weighted by molar-refractivity contribution is -0.277. The Labute approximate surface area is 192 Å². The van der Waals surface area contributed by atoms with E-state index in [1.807, 2.05) is 13.8 Å².